The number of halogens is 2. The van der Waals surface area contributed by atoms with Crippen LogP contribution in [0.3, 0.4) is 0 Å². The van der Waals surface area contributed by atoms with Gasteiger partial charge in [0.25, 0.3) is 0 Å². The number of aromatic hydroxyl groups is 2. The molecule has 0 aliphatic heterocycles. The Hall–Kier alpha value is -1.65. The van der Waals surface area contributed by atoms with Gasteiger partial charge in [0, 0.05) is 0 Å². The van der Waals surface area contributed by atoms with Crippen LogP contribution in [0.4, 0.5) is 0 Å². The average molecular weight is 625 g/mol. The van der Waals surface area contributed by atoms with E-state index < -0.39 is 0 Å². The first-order valence-electron chi connectivity index (χ1n) is 13.3. The van der Waals surface area contributed by atoms with Crippen molar-refractivity contribution in [2.75, 3.05) is 0 Å². The Labute approximate surface area is 268 Å². The monoisotopic (exact) mass is 623 g/mol. The average Bonchev–Trinajstić information content (AvgIpc) is 2.78. The van der Waals surface area contributed by atoms with Crippen molar-refractivity contribution in [1.29, 1.82) is 0 Å². The Morgan fingerprint density at radius 1 is 0.575 bits per heavy atom. The van der Waals surface area contributed by atoms with Gasteiger partial charge in [0.1, 0.15) is 11.5 Å². The molecule has 1 aromatic heterocycles. The summed E-state index contributed by atoms with van der Waals surface area (Å²) in [6.07, 6.45) is 1.79. The second-order valence-corrected chi connectivity index (χ2v) is 14.3. The summed E-state index contributed by atoms with van der Waals surface area (Å²) in [4.78, 5) is 4.04. The minimum absolute atomic E-state index is 0. The van der Waals surface area contributed by atoms with Crippen molar-refractivity contribution in [1.82, 2.24) is 4.98 Å². The molecule has 3 nitrogen and oxygen atoms in total. The first-order chi connectivity index (χ1) is 17.2. The molecule has 0 atom stereocenters. The zero-order valence-corrected chi connectivity index (χ0v) is 29.7. The van der Waals surface area contributed by atoms with Crippen molar-refractivity contribution in [3.05, 3.63) is 88.7 Å². The predicted octanol–water partition coefficient (Wildman–Crippen LogP) is 9.60. The standard InChI is InChI=1S/2C14H22O.C6H5N.2ClH.Ti/c2*1-13(2,3)10-7-8-12(15)11(9-10)14(4,5)6;1-6-4-2-3-5-7-6;;;/h2*7-9,15H,1-6H3;1-5H;2*1H;. The van der Waals surface area contributed by atoms with E-state index in [1.165, 1.54) is 11.1 Å². The molecule has 0 aliphatic carbocycles. The molecule has 0 saturated carbocycles. The van der Waals surface area contributed by atoms with Gasteiger partial charge in [0.2, 0.25) is 0 Å². The summed E-state index contributed by atoms with van der Waals surface area (Å²) in [5.41, 5.74) is 5.87. The maximum atomic E-state index is 9.84. The van der Waals surface area contributed by atoms with Crippen molar-refractivity contribution in [2.24, 2.45) is 0 Å². The molecule has 222 valence electrons. The summed E-state index contributed by atoms with van der Waals surface area (Å²) in [6, 6.07) is 17.7. The van der Waals surface area contributed by atoms with Gasteiger partial charge in [0.15, 0.2) is 0 Å². The topological polar surface area (TPSA) is 53.4 Å². The Morgan fingerprint density at radius 3 is 1.18 bits per heavy atom. The minimum atomic E-state index is -0.00859. The van der Waals surface area contributed by atoms with Gasteiger partial charge in [-0.2, -0.15) is 0 Å². The number of hydrogen-bond donors (Lipinski definition) is 2. The molecule has 0 radical (unpaired) electrons. The van der Waals surface area contributed by atoms with Crippen LogP contribution in [0.25, 0.3) is 0 Å². The molecule has 0 saturated heterocycles. The molecule has 2 aromatic carbocycles. The Balaban J connectivity index is 0. The van der Waals surface area contributed by atoms with Gasteiger partial charge in [-0.3, -0.25) is 0 Å². The summed E-state index contributed by atoms with van der Waals surface area (Å²) in [6.45, 7) is 25.8. The maximum absolute atomic E-state index is 9.84. The molecular weight excluding hydrogens is 573 g/mol. The number of phenols is 2. The fraction of sp³-hybridized carbons (Fsp3) is 0.471. The Morgan fingerprint density at radius 2 is 0.950 bits per heavy atom. The van der Waals surface area contributed by atoms with Gasteiger partial charge >= 0.3 is 59.4 Å². The van der Waals surface area contributed by atoms with Crippen LogP contribution in [0, 0.1) is 0 Å². The molecule has 0 aliphatic rings. The number of rotatable bonds is 1. The number of aromatic nitrogens is 1. The predicted molar refractivity (Wildman–Crippen MR) is 175 cm³/mol. The van der Waals surface area contributed by atoms with Crippen LogP contribution in [0.15, 0.2) is 60.8 Å². The number of benzene rings is 2. The third-order valence-electron chi connectivity index (χ3n) is 6.18. The van der Waals surface area contributed by atoms with Crippen LogP contribution in [0.2, 0.25) is 0 Å². The van der Waals surface area contributed by atoms with Crippen LogP contribution in [0.1, 0.15) is 111 Å². The summed E-state index contributed by atoms with van der Waals surface area (Å²) < 4.78 is 1.97. The molecule has 6 heteroatoms. The Bertz CT molecular complexity index is 1110. The summed E-state index contributed by atoms with van der Waals surface area (Å²) in [7, 11) is 0. The van der Waals surface area contributed by atoms with E-state index in [4.69, 9.17) is 0 Å². The van der Waals surface area contributed by atoms with Crippen LogP contribution < -0.4 is 0 Å². The zero-order chi connectivity index (χ0) is 29.5. The van der Waals surface area contributed by atoms with Crippen LogP contribution >= 0.6 is 24.8 Å². The molecule has 0 unspecified atom stereocenters. The third kappa shape index (κ3) is 13.3. The summed E-state index contributed by atoms with van der Waals surface area (Å²) in [5.74, 6) is 0.797. The fourth-order valence-electron chi connectivity index (χ4n) is 3.67. The normalized spacial score (nSPS) is 11.4. The molecular formula is C34H51Cl2NO2Ti. The molecule has 3 aromatic rings. The number of hydrogen-bond acceptors (Lipinski definition) is 3. The van der Waals surface area contributed by atoms with Crippen LogP contribution in [0.5, 0.6) is 11.5 Å². The van der Waals surface area contributed by atoms with E-state index in [1.54, 1.807) is 18.3 Å². The Kier molecular flexibility index (Phi) is 16.3. The van der Waals surface area contributed by atoms with Gasteiger partial charge in [0.05, 0.1) is 0 Å². The van der Waals surface area contributed by atoms with Gasteiger partial charge in [-0.15, -0.1) is 24.8 Å². The quantitative estimate of drug-likeness (QED) is 0.265. The van der Waals surface area contributed by atoms with Gasteiger partial charge in [-0.1, -0.05) is 107 Å². The third-order valence-corrected chi connectivity index (χ3v) is 6.64. The second-order valence-electron chi connectivity index (χ2n) is 13.9. The van der Waals surface area contributed by atoms with E-state index >= 15 is 0 Å². The van der Waals surface area contributed by atoms with Crippen LogP contribution in [-0.4, -0.2) is 19.5 Å². The van der Waals surface area contributed by atoms with Gasteiger partial charge in [-0.25, -0.2) is 0 Å². The number of phenolic OH excluding ortho intramolecular Hbond substituents is 2. The number of pyridine rings is 1. The van der Waals surface area contributed by atoms with E-state index in [1.807, 2.05) is 54.6 Å². The van der Waals surface area contributed by atoms with E-state index in [9.17, 15) is 10.2 Å². The first-order valence-corrected chi connectivity index (χ1v) is 14.2. The molecule has 0 fully saturated rings. The van der Waals surface area contributed by atoms with Crippen molar-refractivity contribution < 1.29 is 30.2 Å². The van der Waals surface area contributed by atoms with Crippen molar-refractivity contribution in [3.63, 3.8) is 0 Å². The first kappa shape index (κ1) is 40.5. The zero-order valence-electron chi connectivity index (χ0n) is 26.5. The van der Waals surface area contributed by atoms with Gasteiger partial charge < -0.3 is 10.2 Å². The fourth-order valence-corrected chi connectivity index (χ4v) is 3.93. The summed E-state index contributed by atoms with van der Waals surface area (Å²) in [5, 5.41) is 19.7. The molecule has 0 spiro atoms. The van der Waals surface area contributed by atoms with Crippen LogP contribution in [-0.2, 0) is 41.6 Å². The van der Waals surface area contributed by atoms with Gasteiger partial charge in [-0.05, 0) is 56.0 Å². The van der Waals surface area contributed by atoms with Crippen molar-refractivity contribution >= 4 is 29.1 Å². The second kappa shape index (κ2) is 16.1. The van der Waals surface area contributed by atoms with Crippen molar-refractivity contribution in [3.8, 4) is 11.5 Å². The van der Waals surface area contributed by atoms with Crippen molar-refractivity contribution in [2.45, 2.75) is 105 Å². The van der Waals surface area contributed by atoms with E-state index in [2.05, 4.69) is 100 Å². The SMILES string of the molecule is CC(C)(C)c1ccc(O)c(C(C)(C)C)c1.CC(C)(C)c1ccc(O)c(C(C)(C)C)c1.Cl.Cl.[Ti]=[CH]c1ccccn1. The molecule has 0 amide bonds. The molecule has 40 heavy (non-hydrogen) atoms. The van der Waals surface area contributed by atoms with E-state index in [-0.39, 0.29) is 46.5 Å². The molecule has 3 rings (SSSR count). The molecule has 0 bridgehead atoms. The number of nitrogens with zero attached hydrogens (tertiary/aromatic N) is 1. The van der Waals surface area contributed by atoms with E-state index in [0.717, 1.165) is 16.8 Å². The van der Waals surface area contributed by atoms with E-state index in [0.29, 0.717) is 11.5 Å². The molecule has 2 N–H and O–H groups in total. The molecule has 1 heterocycles. The summed E-state index contributed by atoms with van der Waals surface area (Å²) >= 11 is 1.97.